The van der Waals surface area contributed by atoms with Gasteiger partial charge in [0.1, 0.15) is 0 Å². The fourth-order valence-electron chi connectivity index (χ4n) is 1.56. The van der Waals surface area contributed by atoms with Gasteiger partial charge in [0.25, 0.3) is 5.91 Å². The summed E-state index contributed by atoms with van der Waals surface area (Å²) in [5.41, 5.74) is -0.109. The molecule has 0 aliphatic heterocycles. The molecular formula is C11H12BrF3N2O3S. The van der Waals surface area contributed by atoms with Gasteiger partial charge >= 0.3 is 6.18 Å². The van der Waals surface area contributed by atoms with Crippen LogP contribution in [-0.2, 0) is 10.0 Å². The first-order valence-electron chi connectivity index (χ1n) is 5.59. The Morgan fingerprint density at radius 1 is 1.38 bits per heavy atom. The second-order valence-corrected chi connectivity index (χ2v) is 6.89. The summed E-state index contributed by atoms with van der Waals surface area (Å²) >= 11 is 3.01. The van der Waals surface area contributed by atoms with Gasteiger partial charge in [-0.05, 0) is 25.1 Å². The highest BCUT2D eigenvalue weighted by Gasteiger charge is 2.30. The van der Waals surface area contributed by atoms with Crippen molar-refractivity contribution in [2.24, 2.45) is 5.14 Å². The Hall–Kier alpha value is -1.13. The van der Waals surface area contributed by atoms with Gasteiger partial charge in [0.05, 0.1) is 11.3 Å². The van der Waals surface area contributed by atoms with Crippen LogP contribution >= 0.6 is 15.9 Å². The van der Waals surface area contributed by atoms with Gasteiger partial charge in [-0.1, -0.05) is 15.9 Å². The molecule has 3 N–H and O–H groups in total. The number of carbonyl (C=O) groups is 1. The largest absolute Gasteiger partial charge is 0.391 e. The van der Waals surface area contributed by atoms with E-state index < -0.39 is 34.6 Å². The molecule has 0 bridgehead atoms. The molecule has 0 saturated carbocycles. The minimum Gasteiger partial charge on any atom is -0.349 e. The molecule has 1 atom stereocenters. The third-order valence-corrected chi connectivity index (χ3v) is 3.73. The van der Waals surface area contributed by atoms with Crippen molar-refractivity contribution < 1.29 is 26.4 Å². The lowest BCUT2D eigenvalue weighted by atomic mass is 10.1. The van der Waals surface area contributed by atoms with Crippen LogP contribution in [0.25, 0.3) is 0 Å². The number of sulfonamides is 1. The van der Waals surface area contributed by atoms with Crippen molar-refractivity contribution in [1.82, 2.24) is 5.32 Å². The molecule has 10 heteroatoms. The van der Waals surface area contributed by atoms with E-state index in [1.807, 2.05) is 0 Å². The Morgan fingerprint density at radius 3 is 2.43 bits per heavy atom. The quantitative estimate of drug-likeness (QED) is 0.827. The zero-order valence-corrected chi connectivity index (χ0v) is 13.1. The van der Waals surface area contributed by atoms with Crippen molar-refractivity contribution in [3.8, 4) is 0 Å². The minimum atomic E-state index is -4.41. The van der Waals surface area contributed by atoms with E-state index in [0.717, 1.165) is 6.07 Å². The van der Waals surface area contributed by atoms with Crippen molar-refractivity contribution >= 4 is 31.9 Å². The molecule has 1 aromatic carbocycles. The van der Waals surface area contributed by atoms with Crippen LogP contribution in [0.2, 0.25) is 0 Å². The highest BCUT2D eigenvalue weighted by atomic mass is 79.9. The van der Waals surface area contributed by atoms with E-state index in [1.165, 1.54) is 19.1 Å². The normalized spacial score (nSPS) is 13.8. The predicted octanol–water partition coefficient (Wildman–Crippen LogP) is 2.17. The van der Waals surface area contributed by atoms with Crippen LogP contribution in [0.3, 0.4) is 0 Å². The summed E-state index contributed by atoms with van der Waals surface area (Å²) in [4.78, 5) is 11.5. The molecule has 1 aromatic rings. The molecule has 0 saturated heterocycles. The van der Waals surface area contributed by atoms with Gasteiger partial charge in [-0.15, -0.1) is 0 Å². The Morgan fingerprint density at radius 2 is 1.95 bits per heavy atom. The molecule has 118 valence electrons. The Balaban J connectivity index is 2.96. The van der Waals surface area contributed by atoms with Gasteiger partial charge in [0, 0.05) is 16.1 Å². The number of nitrogens with one attached hydrogen (secondary N) is 1. The third-order valence-electron chi connectivity index (χ3n) is 2.38. The molecule has 5 nitrogen and oxygen atoms in total. The SMILES string of the molecule is CC(CC(F)(F)F)NC(=O)c1cc(Br)cc(S(N)(=O)=O)c1. The Labute approximate surface area is 127 Å². The van der Waals surface area contributed by atoms with E-state index in [2.05, 4.69) is 21.2 Å². The maximum absolute atomic E-state index is 12.2. The van der Waals surface area contributed by atoms with Crippen LogP contribution < -0.4 is 10.5 Å². The average Bonchev–Trinajstić information content (AvgIpc) is 2.23. The van der Waals surface area contributed by atoms with Crippen molar-refractivity contribution in [3.05, 3.63) is 28.2 Å². The standard InChI is InChI=1S/C11H12BrF3N2O3S/c1-6(5-11(13,14)15)17-10(18)7-2-8(12)4-9(3-7)21(16,19)20/h2-4,6H,5H2,1H3,(H,17,18)(H2,16,19,20). The lowest BCUT2D eigenvalue weighted by molar-refractivity contribution is -0.138. The second kappa shape index (κ2) is 6.32. The molecule has 0 heterocycles. The van der Waals surface area contributed by atoms with Crippen LogP contribution in [0.15, 0.2) is 27.6 Å². The third kappa shape index (κ3) is 6.02. The molecule has 0 radical (unpaired) electrons. The number of primary sulfonamides is 1. The van der Waals surface area contributed by atoms with Gasteiger partial charge in [-0.3, -0.25) is 4.79 Å². The molecular weight excluding hydrogens is 377 g/mol. The van der Waals surface area contributed by atoms with E-state index in [1.54, 1.807) is 0 Å². The number of nitrogens with two attached hydrogens (primary N) is 1. The van der Waals surface area contributed by atoms with Gasteiger partial charge in [0.15, 0.2) is 0 Å². The number of benzene rings is 1. The lowest BCUT2D eigenvalue weighted by Crippen LogP contribution is -2.36. The number of rotatable bonds is 4. The first-order valence-corrected chi connectivity index (χ1v) is 7.93. The van der Waals surface area contributed by atoms with E-state index in [9.17, 15) is 26.4 Å². The van der Waals surface area contributed by atoms with Crippen molar-refractivity contribution in [2.75, 3.05) is 0 Å². The van der Waals surface area contributed by atoms with Crippen LogP contribution in [0.4, 0.5) is 13.2 Å². The predicted molar refractivity (Wildman–Crippen MR) is 73.1 cm³/mol. The second-order valence-electron chi connectivity index (χ2n) is 4.41. The van der Waals surface area contributed by atoms with Gasteiger partial charge < -0.3 is 5.32 Å². The van der Waals surface area contributed by atoms with Crippen molar-refractivity contribution in [2.45, 2.75) is 30.5 Å². The number of amides is 1. The molecule has 1 rings (SSSR count). The van der Waals surface area contributed by atoms with E-state index >= 15 is 0 Å². The fraction of sp³-hybridized carbons (Fsp3) is 0.364. The summed E-state index contributed by atoms with van der Waals surface area (Å²) in [5.74, 6) is -0.821. The van der Waals surface area contributed by atoms with Crippen LogP contribution in [0.5, 0.6) is 0 Å². The van der Waals surface area contributed by atoms with Crippen molar-refractivity contribution in [1.29, 1.82) is 0 Å². The molecule has 1 amide bonds. The summed E-state index contributed by atoms with van der Waals surface area (Å²) in [6.45, 7) is 1.20. The maximum atomic E-state index is 12.2. The minimum absolute atomic E-state index is 0.109. The topological polar surface area (TPSA) is 89.3 Å². The summed E-state index contributed by atoms with van der Waals surface area (Å²) in [6.07, 6.45) is -5.59. The van der Waals surface area contributed by atoms with Crippen LogP contribution in [0.1, 0.15) is 23.7 Å². The Bertz CT molecular complexity index is 647. The number of hydrogen-bond acceptors (Lipinski definition) is 3. The highest BCUT2D eigenvalue weighted by molar-refractivity contribution is 9.10. The maximum Gasteiger partial charge on any atom is 0.391 e. The smallest absolute Gasteiger partial charge is 0.349 e. The molecule has 21 heavy (non-hydrogen) atoms. The molecule has 1 unspecified atom stereocenters. The van der Waals surface area contributed by atoms with Gasteiger partial charge in [-0.25, -0.2) is 13.6 Å². The molecule has 0 fully saturated rings. The summed E-state index contributed by atoms with van der Waals surface area (Å²) in [7, 11) is -4.03. The van der Waals surface area contributed by atoms with Crippen LogP contribution in [0, 0.1) is 0 Å². The van der Waals surface area contributed by atoms with Crippen molar-refractivity contribution in [3.63, 3.8) is 0 Å². The highest BCUT2D eigenvalue weighted by Crippen LogP contribution is 2.22. The lowest BCUT2D eigenvalue weighted by Gasteiger charge is -2.16. The van der Waals surface area contributed by atoms with E-state index in [4.69, 9.17) is 5.14 Å². The number of halogens is 4. The summed E-state index contributed by atoms with van der Waals surface area (Å²) in [6, 6.07) is 2.32. The molecule has 0 spiro atoms. The summed E-state index contributed by atoms with van der Waals surface area (Å²) < 4.78 is 59.3. The monoisotopic (exact) mass is 388 g/mol. The zero-order chi connectivity index (χ0) is 16.4. The van der Waals surface area contributed by atoms with E-state index in [-0.39, 0.29) is 14.9 Å². The Kier molecular flexibility index (Phi) is 5.40. The van der Waals surface area contributed by atoms with Crippen LogP contribution in [-0.4, -0.2) is 26.5 Å². The first-order chi connectivity index (χ1) is 9.38. The molecule has 0 aromatic heterocycles. The fourth-order valence-corrected chi connectivity index (χ4v) is 2.79. The molecule has 0 aliphatic rings. The zero-order valence-electron chi connectivity index (χ0n) is 10.7. The average molecular weight is 389 g/mol. The number of hydrogen-bond donors (Lipinski definition) is 2. The van der Waals surface area contributed by atoms with Gasteiger partial charge in [-0.2, -0.15) is 13.2 Å². The van der Waals surface area contributed by atoms with E-state index in [0.29, 0.717) is 0 Å². The molecule has 0 aliphatic carbocycles. The summed E-state index contributed by atoms with van der Waals surface area (Å²) in [5, 5.41) is 7.09. The number of alkyl halides is 3. The van der Waals surface area contributed by atoms with Gasteiger partial charge in [0.2, 0.25) is 10.0 Å². The number of carbonyl (C=O) groups excluding carboxylic acids is 1. The first kappa shape index (κ1) is 17.9.